The van der Waals surface area contributed by atoms with Gasteiger partial charge in [-0.3, -0.25) is 9.10 Å². The van der Waals surface area contributed by atoms with E-state index in [4.69, 9.17) is 23.0 Å². The molecule has 1 saturated heterocycles. The molecule has 3 heterocycles. The number of amides is 1. The molecule has 0 saturated carbocycles. The molecule has 10 nitrogen and oxygen atoms in total. The number of halogens is 2. The van der Waals surface area contributed by atoms with Crippen molar-refractivity contribution in [3.05, 3.63) is 90.0 Å². The van der Waals surface area contributed by atoms with Gasteiger partial charge in [0, 0.05) is 42.4 Å². The van der Waals surface area contributed by atoms with Gasteiger partial charge in [0.15, 0.2) is 17.2 Å². The van der Waals surface area contributed by atoms with E-state index in [0.29, 0.717) is 64.2 Å². The lowest BCUT2D eigenvalue weighted by Gasteiger charge is -2.26. The molecule has 2 unspecified atom stereocenters. The minimum Gasteiger partial charge on any atom is -0.496 e. The lowest BCUT2D eigenvalue weighted by Crippen LogP contribution is -2.30. The van der Waals surface area contributed by atoms with Gasteiger partial charge in [-0.25, -0.2) is 18.0 Å². The second-order valence-corrected chi connectivity index (χ2v) is 13.8. The summed E-state index contributed by atoms with van der Waals surface area (Å²) >= 11 is 0. The average Bonchev–Trinajstić information content (AvgIpc) is 3.82. The molecule has 1 N–H and O–H groups in total. The Bertz CT molecular complexity index is 2300. The molecule has 0 radical (unpaired) electrons. The number of furan rings is 1. The van der Waals surface area contributed by atoms with Gasteiger partial charge in [0.2, 0.25) is 5.89 Å². The summed E-state index contributed by atoms with van der Waals surface area (Å²) in [6.07, 6.45) is 1.86. The Morgan fingerprint density at radius 2 is 1.78 bits per heavy atom. The lowest BCUT2D eigenvalue weighted by atomic mass is 9.96. The predicted molar refractivity (Wildman–Crippen MR) is 191 cm³/mol. The lowest BCUT2D eigenvalue weighted by molar-refractivity contribution is -0.138. The summed E-state index contributed by atoms with van der Waals surface area (Å²) in [5.41, 5.74) is 3.69. The number of para-hydroxylation sites is 1. The minimum atomic E-state index is -1.53. The molecule has 0 spiro atoms. The van der Waals surface area contributed by atoms with Crippen LogP contribution in [-0.2, 0) is 20.5 Å². The Morgan fingerprint density at radius 3 is 2.45 bits per heavy atom. The maximum atomic E-state index is 14.6. The van der Waals surface area contributed by atoms with Gasteiger partial charge in [-0.1, -0.05) is 12.1 Å². The van der Waals surface area contributed by atoms with E-state index in [1.807, 2.05) is 19.9 Å². The first kappa shape index (κ1) is 34.3. The van der Waals surface area contributed by atoms with E-state index >= 15 is 0 Å². The van der Waals surface area contributed by atoms with Gasteiger partial charge in [-0.15, -0.1) is 0 Å². The van der Waals surface area contributed by atoms with Crippen LogP contribution in [0.25, 0.3) is 56.0 Å². The van der Waals surface area contributed by atoms with Gasteiger partial charge in [0.05, 0.1) is 36.6 Å². The molecule has 0 aliphatic carbocycles. The van der Waals surface area contributed by atoms with Crippen molar-refractivity contribution in [2.45, 2.75) is 32.2 Å². The van der Waals surface area contributed by atoms with E-state index in [0.717, 1.165) is 0 Å². The number of carbonyl (C=O) groups is 1. The molecular weight excluding hydrogens is 680 g/mol. The van der Waals surface area contributed by atoms with Crippen molar-refractivity contribution in [1.82, 2.24) is 10.3 Å². The van der Waals surface area contributed by atoms with E-state index < -0.39 is 34.3 Å². The largest absolute Gasteiger partial charge is 0.496 e. The topological polar surface area (TPSA) is 116 Å². The minimum absolute atomic E-state index is 0.0813. The Hall–Kier alpha value is -5.11. The molecule has 1 aliphatic rings. The van der Waals surface area contributed by atoms with Gasteiger partial charge in [0.25, 0.3) is 5.91 Å². The maximum absolute atomic E-state index is 14.6. The summed E-state index contributed by atoms with van der Waals surface area (Å²) in [4.78, 5) is 17.9. The first-order valence-corrected chi connectivity index (χ1v) is 17.7. The number of ether oxygens (including phenoxy) is 3. The van der Waals surface area contributed by atoms with Crippen LogP contribution in [0.1, 0.15) is 30.6 Å². The number of aromatic nitrogens is 1. The molecule has 6 aromatic rings. The second-order valence-electron chi connectivity index (χ2n) is 12.5. The summed E-state index contributed by atoms with van der Waals surface area (Å²) in [6.45, 7) is 4.42. The van der Waals surface area contributed by atoms with E-state index in [1.165, 1.54) is 32.4 Å². The fourth-order valence-electron chi connectivity index (χ4n) is 6.35. The number of rotatable bonds is 10. The van der Waals surface area contributed by atoms with E-state index in [1.54, 1.807) is 59.1 Å². The summed E-state index contributed by atoms with van der Waals surface area (Å²) in [6, 6.07) is 19.1. The van der Waals surface area contributed by atoms with E-state index in [2.05, 4.69) is 10.3 Å². The third-order valence-corrected chi connectivity index (χ3v) is 9.78. The monoisotopic (exact) mass is 715 g/mol. The van der Waals surface area contributed by atoms with E-state index in [9.17, 15) is 17.8 Å². The highest BCUT2D eigenvalue weighted by molar-refractivity contribution is 7.85. The Morgan fingerprint density at radius 1 is 1.02 bits per heavy atom. The highest BCUT2D eigenvalue weighted by Gasteiger charge is 2.33. The van der Waals surface area contributed by atoms with Crippen LogP contribution in [-0.4, -0.2) is 60.6 Å². The zero-order valence-corrected chi connectivity index (χ0v) is 29.4. The Labute approximate surface area is 294 Å². The van der Waals surface area contributed by atoms with Crippen LogP contribution >= 0.6 is 0 Å². The van der Waals surface area contributed by atoms with Crippen molar-refractivity contribution >= 4 is 44.6 Å². The molecule has 264 valence electrons. The van der Waals surface area contributed by atoms with Gasteiger partial charge in [-0.2, -0.15) is 0 Å². The summed E-state index contributed by atoms with van der Waals surface area (Å²) in [7, 11) is 1.49. The molecule has 2 aromatic heterocycles. The van der Waals surface area contributed by atoms with Crippen LogP contribution in [0.15, 0.2) is 81.6 Å². The van der Waals surface area contributed by atoms with Crippen LogP contribution in [0.2, 0.25) is 0 Å². The molecule has 51 heavy (non-hydrogen) atoms. The van der Waals surface area contributed by atoms with Crippen molar-refractivity contribution in [1.29, 1.82) is 0 Å². The number of methoxy groups -OCH3 is 1. The molecule has 2 atom stereocenters. The summed E-state index contributed by atoms with van der Waals surface area (Å²) in [5, 5.41) is 3.17. The third kappa shape index (κ3) is 6.60. The summed E-state index contributed by atoms with van der Waals surface area (Å²) in [5.74, 6) is -1.27. The predicted octanol–water partition coefficient (Wildman–Crippen LogP) is 7.86. The number of hydrogen-bond acceptors (Lipinski definition) is 8. The number of hydrogen-bond donors (Lipinski definition) is 1. The highest BCUT2D eigenvalue weighted by atomic mass is 32.2. The van der Waals surface area contributed by atoms with Crippen molar-refractivity contribution in [3.8, 4) is 39.7 Å². The Balaban J connectivity index is 1.44. The van der Waals surface area contributed by atoms with Crippen LogP contribution in [0.4, 0.5) is 14.5 Å². The maximum Gasteiger partial charge on any atom is 0.255 e. The third-order valence-electron chi connectivity index (χ3n) is 8.78. The fourth-order valence-corrected chi connectivity index (χ4v) is 7.14. The number of fused-ring (bicyclic) bond motifs is 2. The van der Waals surface area contributed by atoms with Crippen LogP contribution < -0.4 is 14.4 Å². The van der Waals surface area contributed by atoms with Crippen LogP contribution in [0, 0.1) is 11.6 Å². The van der Waals surface area contributed by atoms with Crippen molar-refractivity contribution in [2.75, 3.05) is 37.9 Å². The van der Waals surface area contributed by atoms with Gasteiger partial charge >= 0.3 is 0 Å². The van der Waals surface area contributed by atoms with E-state index in [-0.39, 0.29) is 34.4 Å². The van der Waals surface area contributed by atoms with Crippen LogP contribution in [0.5, 0.6) is 5.75 Å². The molecule has 1 amide bonds. The molecule has 4 aromatic carbocycles. The number of carbonyl (C=O) groups excluding carboxylic acids is 1. The zero-order valence-electron chi connectivity index (χ0n) is 28.5. The second kappa shape index (κ2) is 13.5. The van der Waals surface area contributed by atoms with Gasteiger partial charge < -0.3 is 28.4 Å². The van der Waals surface area contributed by atoms with Gasteiger partial charge in [0.1, 0.15) is 39.4 Å². The average molecular weight is 716 g/mol. The smallest absolute Gasteiger partial charge is 0.255 e. The molecule has 1 aliphatic heterocycles. The number of nitrogens with one attached hydrogen (secondary N) is 1. The quantitative estimate of drug-likeness (QED) is 0.152. The first-order valence-electron chi connectivity index (χ1n) is 16.2. The first-order chi connectivity index (χ1) is 24.5. The normalized spacial score (nSPS) is 16.1. The van der Waals surface area contributed by atoms with Crippen molar-refractivity contribution in [3.63, 3.8) is 0 Å². The Kier molecular flexibility index (Phi) is 9.12. The number of benzene rings is 4. The number of oxazole rings is 1. The van der Waals surface area contributed by atoms with Gasteiger partial charge in [-0.05, 0) is 80.4 Å². The molecule has 7 rings (SSSR count). The SMILES string of the molecule is CNC(=O)c1c(-c2ccc(F)cc2)oc2cc(N(CCC3COC(C)(C)O3)S(C)=O)c(-c3ccc(OC)c(-c4nc5c(F)cccc5o4)c3)cc12. The number of nitrogens with zero attached hydrogens (tertiary/aromatic N) is 2. The summed E-state index contributed by atoms with van der Waals surface area (Å²) < 4.78 is 73.7. The highest BCUT2D eigenvalue weighted by Crippen LogP contribution is 2.44. The molecule has 0 bridgehead atoms. The zero-order chi connectivity index (χ0) is 36.0. The van der Waals surface area contributed by atoms with Crippen molar-refractivity contribution < 1.29 is 40.8 Å². The van der Waals surface area contributed by atoms with Crippen molar-refractivity contribution in [2.24, 2.45) is 0 Å². The molecule has 1 fully saturated rings. The fraction of sp³-hybridized carbons (Fsp3) is 0.263. The molecular formula is C38H35F2N3O7S. The van der Waals surface area contributed by atoms with Crippen LogP contribution in [0.3, 0.4) is 0 Å². The number of anilines is 1. The standard InChI is InChI=1S/C38H35F2N3O7S/c1-38(2)47-20-24(50-38)15-16-43(51(5)45)29-19-32-26(33(36(44)41-3)35(48-32)21-9-12-23(39)13-10-21)18-25(29)22-11-14-30(46-4)27(17-22)37-42-34-28(40)7-6-8-31(34)49-37/h6-14,17-19,24H,15-16,20H2,1-5H3,(H,41,44). The molecule has 13 heteroatoms.